The van der Waals surface area contributed by atoms with E-state index in [0.29, 0.717) is 18.3 Å². The maximum Gasteiger partial charge on any atom is 0.231 e. The van der Waals surface area contributed by atoms with Crippen molar-refractivity contribution in [1.82, 2.24) is 0 Å². The predicted molar refractivity (Wildman–Crippen MR) is 121 cm³/mol. The first-order chi connectivity index (χ1) is 15.5. The number of hydrogen-bond donors (Lipinski definition) is 1. The largest absolute Gasteiger partial charge is 0.454 e. The summed E-state index contributed by atoms with van der Waals surface area (Å²) in [5, 5.41) is 10.8. The molecule has 1 aromatic carbocycles. The van der Waals surface area contributed by atoms with Crippen LogP contribution in [0.5, 0.6) is 11.5 Å². The number of aliphatic hydroxyl groups is 1. The third-order valence-electron chi connectivity index (χ3n) is 8.91. The molecule has 2 fully saturated rings. The average Bonchev–Trinajstić information content (AvgIpc) is 3.36. The van der Waals surface area contributed by atoms with Gasteiger partial charge in [-0.3, -0.25) is 4.79 Å². The second kappa shape index (κ2) is 7.25. The normalized spacial score (nSPS) is 37.2. The van der Waals surface area contributed by atoms with Gasteiger partial charge in [0.2, 0.25) is 6.79 Å². The Kier molecular flexibility index (Phi) is 4.56. The van der Waals surface area contributed by atoms with Gasteiger partial charge in [-0.25, -0.2) is 0 Å². The topological polar surface area (TPSA) is 55.8 Å². The van der Waals surface area contributed by atoms with Gasteiger partial charge in [-0.05, 0) is 91.2 Å². The van der Waals surface area contributed by atoms with E-state index in [4.69, 9.17) is 9.47 Å². The molecule has 2 saturated carbocycles. The van der Waals surface area contributed by atoms with Gasteiger partial charge < -0.3 is 14.6 Å². The molecule has 1 heterocycles. The van der Waals surface area contributed by atoms with Crippen LogP contribution in [0.15, 0.2) is 41.0 Å². The molecule has 6 rings (SSSR count). The van der Waals surface area contributed by atoms with Crippen LogP contribution in [0, 0.1) is 35.0 Å². The summed E-state index contributed by atoms with van der Waals surface area (Å²) in [5.41, 5.74) is 5.18. The Labute approximate surface area is 189 Å². The molecular formula is C28H30O4. The number of carbonyl (C=O) groups is 1. The number of carbonyl (C=O) groups excluding carboxylic acids is 1. The maximum absolute atomic E-state index is 12.8. The molecule has 4 heteroatoms. The molecule has 1 aromatic rings. The van der Waals surface area contributed by atoms with Gasteiger partial charge in [0.05, 0.1) is 6.10 Å². The molecule has 3 unspecified atom stereocenters. The molecule has 0 amide bonds. The van der Waals surface area contributed by atoms with Gasteiger partial charge in [0.1, 0.15) is 0 Å². The lowest BCUT2D eigenvalue weighted by atomic mass is 9.53. The van der Waals surface area contributed by atoms with Gasteiger partial charge in [0, 0.05) is 18.3 Å². The summed E-state index contributed by atoms with van der Waals surface area (Å²) >= 11 is 0. The third-order valence-corrected chi connectivity index (χ3v) is 8.91. The third kappa shape index (κ3) is 2.83. The molecule has 0 spiro atoms. The fraction of sp³-hybridized carbons (Fsp3) is 0.536. The SMILES string of the molecule is CC#CC1CC2=CC(=O)CC(c3ccc4c(c3)OCO4)C2=C2CC[C@]3(C)C(O)CC[C@H]3[C@@H]21. The van der Waals surface area contributed by atoms with Crippen LogP contribution >= 0.6 is 0 Å². The summed E-state index contributed by atoms with van der Waals surface area (Å²) < 4.78 is 11.2. The number of hydrogen-bond acceptors (Lipinski definition) is 4. The monoisotopic (exact) mass is 430 g/mol. The Bertz CT molecular complexity index is 1120. The van der Waals surface area contributed by atoms with Gasteiger partial charge in [-0.2, -0.15) is 0 Å². The Balaban J connectivity index is 1.51. The lowest BCUT2D eigenvalue weighted by Crippen LogP contribution is -2.45. The number of rotatable bonds is 1. The molecule has 166 valence electrons. The van der Waals surface area contributed by atoms with Crippen molar-refractivity contribution in [2.24, 2.45) is 23.2 Å². The van der Waals surface area contributed by atoms with Crippen LogP contribution in [0.4, 0.5) is 0 Å². The van der Waals surface area contributed by atoms with E-state index in [1.54, 1.807) is 0 Å². The Morgan fingerprint density at radius 1 is 1.16 bits per heavy atom. The Morgan fingerprint density at radius 3 is 2.84 bits per heavy atom. The number of allylic oxidation sites excluding steroid dienone is 4. The zero-order valence-electron chi connectivity index (χ0n) is 18.8. The summed E-state index contributed by atoms with van der Waals surface area (Å²) in [5.74, 6) is 9.54. The Morgan fingerprint density at radius 2 is 2.00 bits per heavy atom. The van der Waals surface area contributed by atoms with Crippen molar-refractivity contribution in [1.29, 1.82) is 0 Å². The van der Waals surface area contributed by atoms with Gasteiger partial charge in [0.25, 0.3) is 0 Å². The zero-order valence-corrected chi connectivity index (χ0v) is 18.8. The number of ether oxygens (including phenoxy) is 2. The average molecular weight is 431 g/mol. The molecule has 4 nitrogen and oxygen atoms in total. The molecule has 0 aromatic heterocycles. The number of benzene rings is 1. The van der Waals surface area contributed by atoms with Crippen molar-refractivity contribution in [3.63, 3.8) is 0 Å². The van der Waals surface area contributed by atoms with Crippen LogP contribution in [0.25, 0.3) is 0 Å². The number of fused-ring (bicyclic) bond motifs is 5. The molecule has 6 atom stereocenters. The van der Waals surface area contributed by atoms with E-state index in [-0.39, 0.29) is 35.9 Å². The highest BCUT2D eigenvalue weighted by Crippen LogP contribution is 2.62. The standard InChI is InChI=1S/C28H30O4/c1-3-4-17-11-18-12-19(29)14-21(16-5-7-23-24(13-16)32-15-31-23)26(18)20-9-10-28(2)22(27(17)20)6-8-25(28)30/h5,7,12-13,17,21-22,25,27,30H,6,8-11,14-15H2,1-2H3/t17?,21?,22-,25?,27+,28-/m0/s1. The van der Waals surface area contributed by atoms with Crippen molar-refractivity contribution in [3.05, 3.63) is 46.6 Å². The summed E-state index contributed by atoms with van der Waals surface area (Å²) in [6.45, 7) is 4.46. The molecule has 5 aliphatic rings. The quantitative estimate of drug-likeness (QED) is 0.642. The van der Waals surface area contributed by atoms with Crippen LogP contribution in [-0.2, 0) is 4.79 Å². The van der Waals surface area contributed by atoms with E-state index in [9.17, 15) is 9.90 Å². The minimum atomic E-state index is -0.219. The molecule has 0 saturated heterocycles. The Hall–Kier alpha value is -2.51. The summed E-state index contributed by atoms with van der Waals surface area (Å²) in [4.78, 5) is 12.8. The lowest BCUT2D eigenvalue weighted by molar-refractivity contribution is -0.115. The van der Waals surface area contributed by atoms with Crippen molar-refractivity contribution in [3.8, 4) is 23.3 Å². The zero-order chi connectivity index (χ0) is 22.0. The summed E-state index contributed by atoms with van der Waals surface area (Å²) in [6, 6.07) is 6.14. The first-order valence-corrected chi connectivity index (χ1v) is 12.0. The smallest absolute Gasteiger partial charge is 0.231 e. The van der Waals surface area contributed by atoms with Crippen LogP contribution in [-0.4, -0.2) is 23.8 Å². The predicted octanol–water partition coefficient (Wildman–Crippen LogP) is 4.93. The van der Waals surface area contributed by atoms with E-state index >= 15 is 0 Å². The van der Waals surface area contributed by atoms with Crippen molar-refractivity contribution in [2.75, 3.05) is 6.79 Å². The molecule has 32 heavy (non-hydrogen) atoms. The van der Waals surface area contributed by atoms with Crippen molar-refractivity contribution >= 4 is 5.78 Å². The second-order valence-corrected chi connectivity index (χ2v) is 10.4. The van der Waals surface area contributed by atoms with E-state index < -0.39 is 0 Å². The highest BCUT2D eigenvalue weighted by molar-refractivity contribution is 5.94. The first kappa shape index (κ1) is 20.1. The van der Waals surface area contributed by atoms with Crippen LogP contribution in [0.1, 0.15) is 63.9 Å². The lowest BCUT2D eigenvalue weighted by Gasteiger charge is -2.51. The van der Waals surface area contributed by atoms with E-state index in [2.05, 4.69) is 30.9 Å². The highest BCUT2D eigenvalue weighted by Gasteiger charge is 2.56. The highest BCUT2D eigenvalue weighted by atomic mass is 16.7. The van der Waals surface area contributed by atoms with E-state index in [1.165, 1.54) is 16.7 Å². The number of ketones is 1. The van der Waals surface area contributed by atoms with Crippen LogP contribution in [0.3, 0.4) is 0 Å². The fourth-order valence-electron chi connectivity index (χ4n) is 7.40. The number of aliphatic hydroxyl groups excluding tert-OH is 1. The van der Waals surface area contributed by atoms with Crippen LogP contribution < -0.4 is 9.47 Å². The van der Waals surface area contributed by atoms with Gasteiger partial charge >= 0.3 is 0 Å². The maximum atomic E-state index is 12.8. The molecule has 1 aliphatic heterocycles. The van der Waals surface area contributed by atoms with Gasteiger partial charge in [-0.15, -0.1) is 5.92 Å². The molecular weight excluding hydrogens is 400 g/mol. The second-order valence-electron chi connectivity index (χ2n) is 10.4. The van der Waals surface area contributed by atoms with E-state index in [0.717, 1.165) is 49.2 Å². The fourth-order valence-corrected chi connectivity index (χ4v) is 7.40. The van der Waals surface area contributed by atoms with Crippen LogP contribution in [0.2, 0.25) is 0 Å². The minimum absolute atomic E-state index is 0.0254. The minimum Gasteiger partial charge on any atom is -0.454 e. The van der Waals surface area contributed by atoms with E-state index in [1.807, 2.05) is 19.1 Å². The molecule has 0 radical (unpaired) electrons. The summed E-state index contributed by atoms with van der Waals surface area (Å²) in [6.07, 6.45) is 6.96. The molecule has 0 bridgehead atoms. The summed E-state index contributed by atoms with van der Waals surface area (Å²) in [7, 11) is 0. The van der Waals surface area contributed by atoms with Crippen molar-refractivity contribution in [2.45, 2.75) is 64.4 Å². The van der Waals surface area contributed by atoms with Gasteiger partial charge in [0.15, 0.2) is 17.3 Å². The van der Waals surface area contributed by atoms with Gasteiger partial charge in [-0.1, -0.05) is 24.5 Å². The molecule has 4 aliphatic carbocycles. The molecule has 1 N–H and O–H groups in total. The first-order valence-electron chi connectivity index (χ1n) is 12.0. The van der Waals surface area contributed by atoms with Crippen molar-refractivity contribution < 1.29 is 19.4 Å².